The number of carbonyl (C=O) groups excluding carboxylic acids is 1. The summed E-state index contributed by atoms with van der Waals surface area (Å²) in [6.07, 6.45) is 3.03. The standard InChI is InChI=1S/C21H25N3O3S/c1-23-11-13-24(14-12-23)21(25)17-5-8-19(9-6-17)22-28(26,27)20-10-7-16-3-2-4-18(16)15-20/h5-10,15,22H,2-4,11-14H2,1H3. The van der Waals surface area contributed by atoms with Gasteiger partial charge in [0.2, 0.25) is 0 Å². The lowest BCUT2D eigenvalue weighted by atomic mass is 10.1. The Morgan fingerprint density at radius 3 is 2.32 bits per heavy atom. The van der Waals surface area contributed by atoms with Gasteiger partial charge in [0.05, 0.1) is 4.90 Å². The summed E-state index contributed by atoms with van der Waals surface area (Å²) in [6, 6.07) is 12.0. The van der Waals surface area contributed by atoms with Crippen LogP contribution in [0.15, 0.2) is 47.4 Å². The lowest BCUT2D eigenvalue weighted by molar-refractivity contribution is 0.0664. The Morgan fingerprint density at radius 2 is 1.61 bits per heavy atom. The molecule has 6 nitrogen and oxygen atoms in total. The average molecular weight is 400 g/mol. The van der Waals surface area contributed by atoms with Crippen LogP contribution in [0.2, 0.25) is 0 Å². The second kappa shape index (κ2) is 7.56. The van der Waals surface area contributed by atoms with E-state index in [1.165, 1.54) is 5.56 Å². The smallest absolute Gasteiger partial charge is 0.261 e. The van der Waals surface area contributed by atoms with E-state index in [2.05, 4.69) is 9.62 Å². The molecule has 1 N–H and O–H groups in total. The summed E-state index contributed by atoms with van der Waals surface area (Å²) >= 11 is 0. The van der Waals surface area contributed by atoms with E-state index in [9.17, 15) is 13.2 Å². The van der Waals surface area contributed by atoms with Gasteiger partial charge in [-0.2, -0.15) is 0 Å². The molecule has 0 saturated carbocycles. The first-order chi connectivity index (χ1) is 13.4. The molecule has 1 aliphatic carbocycles. The minimum atomic E-state index is -3.65. The first-order valence-electron chi connectivity index (χ1n) is 9.65. The van der Waals surface area contributed by atoms with Crippen LogP contribution in [0.25, 0.3) is 0 Å². The van der Waals surface area contributed by atoms with Gasteiger partial charge in [0.25, 0.3) is 15.9 Å². The van der Waals surface area contributed by atoms with Crippen LogP contribution in [-0.2, 0) is 22.9 Å². The second-order valence-corrected chi connectivity index (χ2v) is 9.24. The molecule has 0 spiro atoms. The quantitative estimate of drug-likeness (QED) is 0.857. The number of hydrogen-bond acceptors (Lipinski definition) is 4. The third-order valence-electron chi connectivity index (χ3n) is 5.55. The number of amides is 1. The maximum atomic E-state index is 12.7. The number of rotatable bonds is 4. The lowest BCUT2D eigenvalue weighted by Crippen LogP contribution is -2.47. The van der Waals surface area contributed by atoms with Gasteiger partial charge in [0.1, 0.15) is 0 Å². The molecular weight excluding hydrogens is 374 g/mol. The molecule has 2 aromatic rings. The van der Waals surface area contributed by atoms with E-state index in [1.807, 2.05) is 18.0 Å². The molecule has 0 radical (unpaired) electrons. The van der Waals surface area contributed by atoms with E-state index >= 15 is 0 Å². The van der Waals surface area contributed by atoms with Crippen LogP contribution in [-0.4, -0.2) is 57.4 Å². The van der Waals surface area contributed by atoms with Crippen molar-refractivity contribution in [3.05, 3.63) is 59.2 Å². The van der Waals surface area contributed by atoms with Crippen LogP contribution in [0.5, 0.6) is 0 Å². The van der Waals surface area contributed by atoms with Crippen LogP contribution in [0.4, 0.5) is 5.69 Å². The molecule has 0 unspecified atom stereocenters. The monoisotopic (exact) mass is 399 g/mol. The van der Waals surface area contributed by atoms with E-state index < -0.39 is 10.0 Å². The van der Waals surface area contributed by atoms with E-state index in [0.29, 0.717) is 24.3 Å². The summed E-state index contributed by atoms with van der Waals surface area (Å²) in [7, 11) is -1.60. The Balaban J connectivity index is 1.46. The van der Waals surface area contributed by atoms with Gasteiger partial charge in [0.15, 0.2) is 0 Å². The first kappa shape index (κ1) is 19.0. The number of benzene rings is 2. The van der Waals surface area contributed by atoms with Crippen molar-refractivity contribution < 1.29 is 13.2 Å². The molecule has 4 rings (SSSR count). The molecule has 2 aliphatic rings. The number of anilines is 1. The largest absolute Gasteiger partial charge is 0.336 e. The summed E-state index contributed by atoms with van der Waals surface area (Å²) in [4.78, 5) is 16.9. The minimum Gasteiger partial charge on any atom is -0.336 e. The highest BCUT2D eigenvalue weighted by atomic mass is 32.2. The molecule has 0 aromatic heterocycles. The van der Waals surface area contributed by atoms with Gasteiger partial charge in [-0.25, -0.2) is 8.42 Å². The number of nitrogens with zero attached hydrogens (tertiary/aromatic N) is 2. The number of nitrogens with one attached hydrogen (secondary N) is 1. The van der Waals surface area contributed by atoms with Crippen molar-refractivity contribution in [3.63, 3.8) is 0 Å². The zero-order valence-electron chi connectivity index (χ0n) is 16.0. The molecule has 1 amide bonds. The van der Waals surface area contributed by atoms with Gasteiger partial charge in [0, 0.05) is 37.4 Å². The number of sulfonamides is 1. The SMILES string of the molecule is CN1CCN(C(=O)c2ccc(NS(=O)(=O)c3ccc4c(c3)CCC4)cc2)CC1. The van der Waals surface area contributed by atoms with Crippen LogP contribution >= 0.6 is 0 Å². The number of carbonyl (C=O) groups is 1. The topological polar surface area (TPSA) is 69.7 Å². The van der Waals surface area contributed by atoms with Crippen LogP contribution in [0.1, 0.15) is 27.9 Å². The molecular formula is C21H25N3O3S. The molecule has 1 saturated heterocycles. The Morgan fingerprint density at radius 1 is 0.929 bits per heavy atom. The summed E-state index contributed by atoms with van der Waals surface area (Å²) in [5.74, 6) is -0.0128. The molecule has 0 bridgehead atoms. The van der Waals surface area contributed by atoms with E-state index in [1.54, 1.807) is 36.4 Å². The van der Waals surface area contributed by atoms with Gasteiger partial charge in [-0.05, 0) is 73.8 Å². The van der Waals surface area contributed by atoms with Gasteiger partial charge in [-0.3, -0.25) is 9.52 Å². The van der Waals surface area contributed by atoms with Crippen molar-refractivity contribution in [2.24, 2.45) is 0 Å². The highest BCUT2D eigenvalue weighted by Crippen LogP contribution is 2.26. The average Bonchev–Trinajstić information content (AvgIpc) is 3.16. The fraction of sp³-hybridized carbons (Fsp3) is 0.381. The van der Waals surface area contributed by atoms with Gasteiger partial charge in [-0.15, -0.1) is 0 Å². The lowest BCUT2D eigenvalue weighted by Gasteiger charge is -2.32. The van der Waals surface area contributed by atoms with Crippen molar-refractivity contribution in [2.45, 2.75) is 24.2 Å². The fourth-order valence-corrected chi connectivity index (χ4v) is 4.91. The number of aryl methyl sites for hydroxylation is 2. The Labute approximate surface area is 166 Å². The number of fused-ring (bicyclic) bond motifs is 1. The van der Waals surface area contributed by atoms with Crippen molar-refractivity contribution in [2.75, 3.05) is 37.9 Å². The van der Waals surface area contributed by atoms with Crippen LogP contribution in [0, 0.1) is 0 Å². The molecule has 1 heterocycles. The van der Waals surface area contributed by atoms with Crippen molar-refractivity contribution in [1.82, 2.24) is 9.80 Å². The fourth-order valence-electron chi connectivity index (χ4n) is 3.80. The highest BCUT2D eigenvalue weighted by molar-refractivity contribution is 7.92. The molecule has 0 atom stereocenters. The molecule has 28 heavy (non-hydrogen) atoms. The summed E-state index contributed by atoms with van der Waals surface area (Å²) in [5, 5.41) is 0. The predicted octanol–water partition coefficient (Wildman–Crippen LogP) is 2.36. The maximum absolute atomic E-state index is 12.7. The highest BCUT2D eigenvalue weighted by Gasteiger charge is 2.21. The number of likely N-dealkylation sites (N-methyl/N-ethyl adjacent to an activating group) is 1. The van der Waals surface area contributed by atoms with Crippen LogP contribution < -0.4 is 4.72 Å². The molecule has 148 valence electrons. The van der Waals surface area contributed by atoms with Crippen molar-refractivity contribution >= 4 is 21.6 Å². The maximum Gasteiger partial charge on any atom is 0.261 e. The normalized spacial score (nSPS) is 17.4. The molecule has 7 heteroatoms. The number of piperazine rings is 1. The minimum absolute atomic E-state index is 0.0128. The van der Waals surface area contributed by atoms with Crippen molar-refractivity contribution in [1.29, 1.82) is 0 Å². The zero-order chi connectivity index (χ0) is 19.7. The summed E-state index contributed by atoms with van der Waals surface area (Å²) in [5.41, 5.74) is 3.39. The van der Waals surface area contributed by atoms with Gasteiger partial charge in [-0.1, -0.05) is 6.07 Å². The number of hydrogen-bond donors (Lipinski definition) is 1. The summed E-state index contributed by atoms with van der Waals surface area (Å²) < 4.78 is 28.0. The third kappa shape index (κ3) is 3.91. The summed E-state index contributed by atoms with van der Waals surface area (Å²) in [6.45, 7) is 3.15. The van der Waals surface area contributed by atoms with Crippen molar-refractivity contribution in [3.8, 4) is 0 Å². The third-order valence-corrected chi connectivity index (χ3v) is 6.93. The molecule has 1 aliphatic heterocycles. The zero-order valence-corrected chi connectivity index (χ0v) is 16.8. The Hall–Kier alpha value is -2.38. The van der Waals surface area contributed by atoms with E-state index in [-0.39, 0.29) is 10.8 Å². The van der Waals surface area contributed by atoms with E-state index in [4.69, 9.17) is 0 Å². The second-order valence-electron chi connectivity index (χ2n) is 7.56. The first-order valence-corrected chi connectivity index (χ1v) is 11.1. The van der Waals surface area contributed by atoms with E-state index in [0.717, 1.165) is 37.9 Å². The van der Waals surface area contributed by atoms with Gasteiger partial charge >= 0.3 is 0 Å². The predicted molar refractivity (Wildman–Crippen MR) is 109 cm³/mol. The molecule has 2 aromatic carbocycles. The Kier molecular flexibility index (Phi) is 5.12. The van der Waals surface area contributed by atoms with Gasteiger partial charge < -0.3 is 9.80 Å². The molecule has 1 fully saturated rings. The Bertz CT molecular complexity index is 978. The van der Waals surface area contributed by atoms with Crippen LogP contribution in [0.3, 0.4) is 0 Å².